The number of imidazole rings is 1. The van der Waals surface area contributed by atoms with Crippen LogP contribution in [0.15, 0.2) is 158 Å². The molecule has 59 heavy (non-hydrogen) atoms. The van der Waals surface area contributed by atoms with Crippen LogP contribution in [0.2, 0.25) is 0 Å². The van der Waals surface area contributed by atoms with Gasteiger partial charge in [0.05, 0.1) is 11.0 Å². The molecule has 0 radical (unpaired) electrons. The smallest absolute Gasteiger partial charge is 0.255 e. The number of benzene rings is 6. The highest BCUT2D eigenvalue weighted by Crippen LogP contribution is 2.38. The molecule has 3 heterocycles. The molecule has 5 heteroatoms. The molecule has 0 N–H and O–H groups in total. The summed E-state index contributed by atoms with van der Waals surface area (Å²) in [6.07, 6.45) is 4.14. The fourth-order valence-electron chi connectivity index (χ4n) is 8.10. The van der Waals surface area contributed by atoms with Crippen LogP contribution in [0.5, 0.6) is 11.5 Å². The van der Waals surface area contributed by atoms with Crippen molar-refractivity contribution in [3.63, 3.8) is 0 Å². The van der Waals surface area contributed by atoms with Gasteiger partial charge in [-0.05, 0) is 117 Å². The number of fused-ring (bicyclic) bond motifs is 4. The van der Waals surface area contributed by atoms with Crippen molar-refractivity contribution in [2.24, 2.45) is 0 Å². The van der Waals surface area contributed by atoms with Crippen LogP contribution >= 0.6 is 0 Å². The van der Waals surface area contributed by atoms with E-state index in [4.69, 9.17) is 9.72 Å². The Morgan fingerprint density at radius 2 is 1.19 bits per heavy atom. The average molecular weight is 774 g/mol. The minimum Gasteiger partial charge on any atom is -0.457 e. The summed E-state index contributed by atoms with van der Waals surface area (Å²) in [7, 11) is 0. The van der Waals surface area contributed by atoms with E-state index in [1.807, 2.05) is 12.3 Å². The minimum atomic E-state index is -0.0215. The molecule has 0 saturated heterocycles. The predicted molar refractivity (Wildman–Crippen MR) is 245 cm³/mol. The first-order valence-electron chi connectivity index (χ1n) is 20.7. The van der Waals surface area contributed by atoms with Gasteiger partial charge < -0.3 is 4.74 Å². The van der Waals surface area contributed by atoms with E-state index in [-0.39, 0.29) is 16.2 Å². The Bertz CT molecular complexity index is 2990. The molecule has 5 nitrogen and oxygen atoms in total. The molecule has 9 aromatic rings. The van der Waals surface area contributed by atoms with Gasteiger partial charge >= 0.3 is 0 Å². The van der Waals surface area contributed by atoms with Crippen LogP contribution in [0.25, 0.3) is 61.2 Å². The maximum atomic E-state index is 6.76. The van der Waals surface area contributed by atoms with Crippen molar-refractivity contribution in [3.05, 3.63) is 175 Å². The van der Waals surface area contributed by atoms with Crippen LogP contribution < -0.4 is 9.30 Å². The molecule has 0 saturated carbocycles. The van der Waals surface area contributed by atoms with Crippen molar-refractivity contribution in [1.29, 1.82) is 0 Å². The molecule has 0 atom stereocenters. The van der Waals surface area contributed by atoms with Crippen molar-refractivity contribution >= 4 is 32.8 Å². The zero-order valence-corrected chi connectivity index (χ0v) is 35.7. The predicted octanol–water partition coefficient (Wildman–Crippen LogP) is 13.8. The Morgan fingerprint density at radius 3 is 1.92 bits per heavy atom. The van der Waals surface area contributed by atoms with E-state index in [1.165, 1.54) is 33.2 Å². The number of hydrogen-bond donors (Lipinski definition) is 0. The van der Waals surface area contributed by atoms with Gasteiger partial charge in [0.1, 0.15) is 28.7 Å². The second kappa shape index (κ2) is 14.1. The molecule has 0 aliphatic carbocycles. The first kappa shape index (κ1) is 38.1. The van der Waals surface area contributed by atoms with Gasteiger partial charge in [0.15, 0.2) is 11.0 Å². The fourth-order valence-corrected chi connectivity index (χ4v) is 8.10. The average Bonchev–Trinajstić information content (AvgIpc) is 3.76. The summed E-state index contributed by atoms with van der Waals surface area (Å²) in [5, 5.41) is 2.32. The summed E-state index contributed by atoms with van der Waals surface area (Å²) >= 11 is 0. The van der Waals surface area contributed by atoms with Gasteiger partial charge in [-0.1, -0.05) is 123 Å². The van der Waals surface area contributed by atoms with Gasteiger partial charge in [-0.15, -0.1) is 0 Å². The Kier molecular flexibility index (Phi) is 9.12. The van der Waals surface area contributed by atoms with Crippen LogP contribution in [-0.2, 0) is 16.2 Å². The quantitative estimate of drug-likeness (QED) is 0.158. The van der Waals surface area contributed by atoms with Crippen molar-refractivity contribution < 1.29 is 9.30 Å². The van der Waals surface area contributed by atoms with E-state index >= 15 is 0 Å². The van der Waals surface area contributed by atoms with Gasteiger partial charge in [-0.2, -0.15) is 9.13 Å². The second-order valence-corrected chi connectivity index (χ2v) is 19.0. The lowest BCUT2D eigenvalue weighted by Crippen LogP contribution is -2.31. The molecule has 0 bridgehead atoms. The summed E-state index contributed by atoms with van der Waals surface area (Å²) < 4.78 is 13.6. The first-order chi connectivity index (χ1) is 28.1. The SMILES string of the molecule is CC(C)(C)c1cc(-[n+]2cn(-c3cccc(Oc4ccc5c6cc(-c7ccccc7)ccc6n(-c6cc(C(C)(C)C)ccn6)c5c4)c3)c3ccccc32)cc(C(C)(C)C)c1. The topological polar surface area (TPSA) is 35.9 Å². The third-order valence-corrected chi connectivity index (χ3v) is 11.6. The highest BCUT2D eigenvalue weighted by atomic mass is 16.5. The fraction of sp³-hybridized carbons (Fsp3) is 0.222. The summed E-state index contributed by atoms with van der Waals surface area (Å²) in [5.74, 6) is 2.41. The van der Waals surface area contributed by atoms with E-state index in [0.29, 0.717) is 0 Å². The molecule has 9 rings (SSSR count). The molecule has 294 valence electrons. The maximum absolute atomic E-state index is 6.76. The first-order valence-corrected chi connectivity index (χ1v) is 20.7. The van der Waals surface area contributed by atoms with E-state index in [1.54, 1.807) is 0 Å². The van der Waals surface area contributed by atoms with Crippen molar-refractivity contribution in [1.82, 2.24) is 14.1 Å². The van der Waals surface area contributed by atoms with Gasteiger partial charge in [-0.3, -0.25) is 4.57 Å². The molecule has 0 spiro atoms. The number of ether oxygens (including phenoxy) is 1. The van der Waals surface area contributed by atoms with Crippen LogP contribution in [0.1, 0.15) is 79.0 Å². The lowest BCUT2D eigenvalue weighted by molar-refractivity contribution is -0.567. The highest BCUT2D eigenvalue weighted by molar-refractivity contribution is 6.10. The van der Waals surface area contributed by atoms with Gasteiger partial charge in [0, 0.05) is 29.1 Å². The molecule has 6 aromatic carbocycles. The summed E-state index contributed by atoms with van der Waals surface area (Å²) in [6.45, 7) is 20.5. The van der Waals surface area contributed by atoms with Gasteiger partial charge in [-0.25, -0.2) is 4.98 Å². The lowest BCUT2D eigenvalue weighted by Gasteiger charge is -2.25. The zero-order chi connectivity index (χ0) is 41.3. The number of hydrogen-bond acceptors (Lipinski definition) is 2. The maximum Gasteiger partial charge on any atom is 0.255 e. The largest absolute Gasteiger partial charge is 0.457 e. The monoisotopic (exact) mass is 773 g/mol. The molecule has 0 fully saturated rings. The number of nitrogens with zero attached hydrogens (tertiary/aromatic N) is 4. The van der Waals surface area contributed by atoms with Crippen LogP contribution in [0.4, 0.5) is 0 Å². The van der Waals surface area contributed by atoms with Crippen molar-refractivity contribution in [2.75, 3.05) is 0 Å². The van der Waals surface area contributed by atoms with E-state index in [0.717, 1.165) is 56.1 Å². The molecule has 0 unspecified atom stereocenters. The van der Waals surface area contributed by atoms with E-state index in [9.17, 15) is 0 Å². The Labute approximate surface area is 348 Å². The Morgan fingerprint density at radius 1 is 0.492 bits per heavy atom. The molecule has 0 aliphatic rings. The number of para-hydroxylation sites is 2. The third-order valence-electron chi connectivity index (χ3n) is 11.6. The number of rotatable bonds is 6. The Balaban J connectivity index is 1.14. The normalized spacial score (nSPS) is 12.5. The van der Waals surface area contributed by atoms with Crippen molar-refractivity contribution in [2.45, 2.75) is 78.6 Å². The lowest BCUT2D eigenvalue weighted by atomic mass is 9.80. The molecular formula is C54H53N4O+. The zero-order valence-electron chi connectivity index (χ0n) is 35.7. The Hall–Kier alpha value is -6.46. The molecule has 3 aromatic heterocycles. The van der Waals surface area contributed by atoms with Crippen LogP contribution in [0, 0.1) is 0 Å². The van der Waals surface area contributed by atoms with Crippen LogP contribution in [0.3, 0.4) is 0 Å². The van der Waals surface area contributed by atoms with Gasteiger partial charge in [0.2, 0.25) is 0 Å². The standard InChI is InChI=1S/C54H53N4O/c1-52(2,3)38-26-27-55-51(32-38)58-47-25-22-37(36-16-11-10-12-17-36)28-46(47)45-24-23-44(34-50(45)58)59-43-19-15-18-41(33-43)56-35-57(49-21-14-13-20-48(49)56)42-30-39(53(4,5)6)29-40(31-42)54(7,8)9/h10-35H,1-9H3/q+1. The van der Waals surface area contributed by atoms with E-state index in [2.05, 4.69) is 222 Å². The van der Waals surface area contributed by atoms with Crippen molar-refractivity contribution in [3.8, 4) is 39.8 Å². The summed E-state index contributed by atoms with van der Waals surface area (Å²) in [4.78, 5) is 4.93. The van der Waals surface area contributed by atoms with Gasteiger partial charge in [0.25, 0.3) is 6.33 Å². The number of aromatic nitrogens is 4. The highest BCUT2D eigenvalue weighted by Gasteiger charge is 2.26. The van der Waals surface area contributed by atoms with Crippen LogP contribution in [-0.4, -0.2) is 14.1 Å². The summed E-state index contributed by atoms with van der Waals surface area (Å²) in [6, 6.07) is 52.2. The second-order valence-electron chi connectivity index (χ2n) is 19.0. The minimum absolute atomic E-state index is 0.00998. The molecular weight excluding hydrogens is 721 g/mol. The summed E-state index contributed by atoms with van der Waals surface area (Å²) in [5.41, 5.74) is 12.8. The molecule has 0 aliphatic heterocycles. The third kappa shape index (κ3) is 7.20. The van der Waals surface area contributed by atoms with E-state index < -0.39 is 0 Å². The molecule has 0 amide bonds. The number of pyridine rings is 1.